The van der Waals surface area contributed by atoms with Gasteiger partial charge in [-0.25, -0.2) is 19.6 Å². The van der Waals surface area contributed by atoms with Crippen molar-refractivity contribution in [1.29, 1.82) is 0 Å². The Morgan fingerprint density at radius 1 is 0.712 bits per heavy atom. The summed E-state index contributed by atoms with van der Waals surface area (Å²) in [4.78, 5) is 71.0. The lowest BCUT2D eigenvalue weighted by atomic mass is 10.0. The monoisotopic (exact) mass is 710 g/mol. The van der Waals surface area contributed by atoms with E-state index in [1.54, 1.807) is 9.80 Å². The number of carbonyl (C=O) groups is 4. The van der Waals surface area contributed by atoms with Crippen LogP contribution in [0.5, 0.6) is 0 Å². The molecule has 0 saturated carbocycles. The first kappa shape index (κ1) is 36.2. The van der Waals surface area contributed by atoms with Crippen LogP contribution in [0.15, 0.2) is 36.4 Å². The fourth-order valence-corrected chi connectivity index (χ4v) is 7.06. The molecule has 4 atom stereocenters. The van der Waals surface area contributed by atoms with Gasteiger partial charge in [0.2, 0.25) is 11.8 Å². The Kier molecular flexibility index (Phi) is 10.7. The van der Waals surface area contributed by atoms with E-state index in [-0.39, 0.29) is 35.7 Å². The van der Waals surface area contributed by atoms with Crippen molar-refractivity contribution in [3.63, 3.8) is 0 Å². The second-order valence-electron chi connectivity index (χ2n) is 14.1. The Balaban J connectivity index is 1.17. The lowest BCUT2D eigenvalue weighted by Crippen LogP contribution is -2.51. The van der Waals surface area contributed by atoms with Crippen LogP contribution in [-0.4, -0.2) is 93.1 Å². The molecule has 2 saturated heterocycles. The van der Waals surface area contributed by atoms with Gasteiger partial charge in [-0.2, -0.15) is 0 Å². The summed E-state index contributed by atoms with van der Waals surface area (Å²) in [6.45, 7) is 8.73. The maximum atomic E-state index is 13.5. The number of amides is 4. The minimum atomic E-state index is -0.701. The molecule has 52 heavy (non-hydrogen) atoms. The molecule has 4 heterocycles. The molecule has 2 fully saturated rings. The van der Waals surface area contributed by atoms with E-state index in [1.165, 1.54) is 14.2 Å². The number of nitrogens with one attached hydrogen (secondary N) is 4. The van der Waals surface area contributed by atoms with E-state index in [9.17, 15) is 19.2 Å². The molecule has 4 amide bonds. The van der Waals surface area contributed by atoms with E-state index in [2.05, 4.69) is 32.4 Å². The van der Waals surface area contributed by atoms with Gasteiger partial charge < -0.3 is 39.9 Å². The molecule has 0 aliphatic carbocycles. The number of hydrogen-bond acceptors (Lipinski definition) is 8. The Morgan fingerprint density at radius 3 is 1.48 bits per heavy atom. The van der Waals surface area contributed by atoms with Gasteiger partial charge in [0, 0.05) is 24.2 Å². The van der Waals surface area contributed by atoms with Gasteiger partial charge in [0.05, 0.1) is 48.4 Å². The quantitative estimate of drug-likeness (QED) is 0.186. The molecular weight excluding hydrogens is 664 g/mol. The van der Waals surface area contributed by atoms with Gasteiger partial charge in [-0.05, 0) is 73.9 Å². The smallest absolute Gasteiger partial charge is 0.407 e. The number of aromatic nitrogens is 4. The van der Waals surface area contributed by atoms with E-state index in [1.807, 2.05) is 64.1 Å². The number of nitrogens with zero attached hydrogens (tertiary/aromatic N) is 4. The minimum absolute atomic E-state index is 0.116. The molecule has 4 aromatic rings. The fourth-order valence-electron chi connectivity index (χ4n) is 7.06. The van der Waals surface area contributed by atoms with Crippen LogP contribution in [0.4, 0.5) is 9.59 Å². The first-order chi connectivity index (χ1) is 25.0. The van der Waals surface area contributed by atoms with Gasteiger partial charge in [0.15, 0.2) is 0 Å². The molecule has 4 N–H and O–H groups in total. The summed E-state index contributed by atoms with van der Waals surface area (Å²) >= 11 is 0. The molecule has 14 nitrogen and oxygen atoms in total. The van der Waals surface area contributed by atoms with Crippen LogP contribution in [-0.2, 0) is 19.1 Å². The highest BCUT2D eigenvalue weighted by Gasteiger charge is 2.39. The number of rotatable bonds is 8. The molecule has 0 bridgehead atoms. The third-order valence-corrected chi connectivity index (χ3v) is 9.84. The largest absolute Gasteiger partial charge is 0.453 e. The number of benzene rings is 2. The Bertz CT molecular complexity index is 1900. The van der Waals surface area contributed by atoms with Crippen molar-refractivity contribution in [2.24, 2.45) is 11.8 Å². The SMILES string of the molecule is COC(=O)N[C@H](C(=O)N1CCC[C@H]1c1nc2ccc(C#Cc3ccc4nc([C@@H]5CCCN5C(=O)[C@@H](NC(=O)OC)C(C)C)[nH]c4c3)cc2[nH]1)C(C)C. The number of ether oxygens (including phenoxy) is 2. The summed E-state index contributed by atoms with van der Waals surface area (Å²) < 4.78 is 9.50. The number of likely N-dealkylation sites (tertiary alicyclic amines) is 2. The third-order valence-electron chi connectivity index (χ3n) is 9.84. The summed E-state index contributed by atoms with van der Waals surface area (Å²) in [5, 5.41) is 5.37. The molecule has 0 spiro atoms. The Hall–Kier alpha value is -5.58. The second kappa shape index (κ2) is 15.3. The Morgan fingerprint density at radius 2 is 1.12 bits per heavy atom. The van der Waals surface area contributed by atoms with Gasteiger partial charge in [-0.1, -0.05) is 39.5 Å². The Labute approximate surface area is 302 Å². The minimum Gasteiger partial charge on any atom is -0.453 e. The maximum Gasteiger partial charge on any atom is 0.407 e. The van der Waals surface area contributed by atoms with Crippen molar-refractivity contribution >= 4 is 46.1 Å². The topological polar surface area (TPSA) is 175 Å². The standard InChI is InChI=1S/C38H46N8O6/c1-21(2)31(43-37(49)51-5)35(47)45-17-7-9-29(45)33-39-25-15-13-23(19-27(25)41-33)11-12-24-14-16-26-28(20-24)42-34(40-26)30-10-8-18-46(30)36(48)32(22(3)4)44-38(50)52-6/h13-16,19-22,29-32H,7-10,17-18H2,1-6H3,(H,39,41)(H,40,42)(H,43,49)(H,44,50)/t29-,30-,31-,32-/m0/s1. The average Bonchev–Trinajstić information content (AvgIpc) is 3.95. The fraction of sp³-hybridized carbons (Fsp3) is 0.474. The van der Waals surface area contributed by atoms with Crippen LogP contribution in [0, 0.1) is 23.7 Å². The normalized spacial score (nSPS) is 18.4. The maximum absolute atomic E-state index is 13.5. The molecule has 6 rings (SSSR count). The highest BCUT2D eigenvalue weighted by molar-refractivity contribution is 5.87. The van der Waals surface area contributed by atoms with Crippen molar-refractivity contribution in [2.45, 2.75) is 77.5 Å². The second-order valence-corrected chi connectivity index (χ2v) is 14.1. The van der Waals surface area contributed by atoms with Crippen LogP contribution in [0.25, 0.3) is 22.1 Å². The van der Waals surface area contributed by atoms with Crippen LogP contribution < -0.4 is 10.6 Å². The molecule has 2 aromatic heterocycles. The summed E-state index contributed by atoms with van der Waals surface area (Å²) in [6, 6.07) is 9.71. The number of H-pyrrole nitrogens is 2. The first-order valence-corrected chi connectivity index (χ1v) is 17.8. The van der Waals surface area contributed by atoms with E-state index >= 15 is 0 Å². The first-order valence-electron chi connectivity index (χ1n) is 17.8. The predicted molar refractivity (Wildman–Crippen MR) is 194 cm³/mol. The average molecular weight is 711 g/mol. The number of alkyl carbamates (subject to hydrolysis) is 2. The van der Waals surface area contributed by atoms with Crippen LogP contribution >= 0.6 is 0 Å². The molecule has 274 valence electrons. The zero-order valence-corrected chi connectivity index (χ0v) is 30.4. The van der Waals surface area contributed by atoms with E-state index in [0.29, 0.717) is 24.7 Å². The molecule has 0 unspecified atom stereocenters. The highest BCUT2D eigenvalue weighted by Crippen LogP contribution is 2.34. The molecule has 2 aliphatic heterocycles. The van der Waals surface area contributed by atoms with Gasteiger partial charge >= 0.3 is 12.2 Å². The zero-order valence-electron chi connectivity index (χ0n) is 30.4. The van der Waals surface area contributed by atoms with Crippen LogP contribution in [0.1, 0.15) is 88.2 Å². The molecule has 0 radical (unpaired) electrons. The number of imidazole rings is 2. The van der Waals surface area contributed by atoms with Crippen molar-refractivity contribution in [2.75, 3.05) is 27.3 Å². The van der Waals surface area contributed by atoms with E-state index < -0.39 is 24.3 Å². The van der Waals surface area contributed by atoms with Crippen molar-refractivity contribution in [1.82, 2.24) is 40.4 Å². The lowest BCUT2D eigenvalue weighted by Gasteiger charge is -2.29. The predicted octanol–water partition coefficient (Wildman–Crippen LogP) is 4.93. The number of fused-ring (bicyclic) bond motifs is 2. The molecular formula is C38H46N8O6. The summed E-state index contributed by atoms with van der Waals surface area (Å²) in [5.74, 6) is 7.38. The number of hydrogen-bond donors (Lipinski definition) is 4. The lowest BCUT2D eigenvalue weighted by molar-refractivity contribution is -0.136. The summed E-state index contributed by atoms with van der Waals surface area (Å²) in [7, 11) is 2.57. The molecule has 2 aromatic carbocycles. The number of aromatic amines is 2. The molecule has 2 aliphatic rings. The molecule has 14 heteroatoms. The van der Waals surface area contributed by atoms with Crippen LogP contribution in [0.2, 0.25) is 0 Å². The zero-order chi connectivity index (χ0) is 37.1. The van der Waals surface area contributed by atoms with Gasteiger partial charge in [-0.15, -0.1) is 0 Å². The van der Waals surface area contributed by atoms with E-state index in [4.69, 9.17) is 19.4 Å². The highest BCUT2D eigenvalue weighted by atomic mass is 16.5. The van der Waals surface area contributed by atoms with Crippen molar-refractivity contribution in [3.8, 4) is 11.8 Å². The van der Waals surface area contributed by atoms with Crippen molar-refractivity contribution in [3.05, 3.63) is 59.2 Å². The summed E-state index contributed by atoms with van der Waals surface area (Å²) in [6.07, 6.45) is 1.92. The third kappa shape index (κ3) is 7.54. The number of methoxy groups -OCH3 is 2. The summed E-state index contributed by atoms with van der Waals surface area (Å²) in [5.41, 5.74) is 4.80. The van der Waals surface area contributed by atoms with Crippen LogP contribution in [0.3, 0.4) is 0 Å². The van der Waals surface area contributed by atoms with Gasteiger partial charge in [-0.3, -0.25) is 9.59 Å². The van der Waals surface area contributed by atoms with Gasteiger partial charge in [0.25, 0.3) is 0 Å². The van der Waals surface area contributed by atoms with E-state index in [0.717, 1.165) is 58.9 Å². The van der Waals surface area contributed by atoms with Crippen molar-refractivity contribution < 1.29 is 28.7 Å². The van der Waals surface area contributed by atoms with Gasteiger partial charge in [0.1, 0.15) is 23.7 Å². The number of carbonyl (C=O) groups excluding carboxylic acids is 4.